The molecule has 3 aliphatic rings. The highest BCUT2D eigenvalue weighted by Gasteiger charge is 2.53. The Hall–Kier alpha value is -1.92. The standard InChI is InChI=1S/C22H31N3O3/c1-18(26)25(12-11-23-13-15-28-16-14-23)20-7-10-24(17-20)21(27)22(8-9-22)19-5-3-2-4-6-19/h2-6,20H,7-17H2,1H3. The first-order valence-electron chi connectivity index (χ1n) is 10.5. The van der Waals surface area contributed by atoms with Crippen LogP contribution >= 0.6 is 0 Å². The molecule has 2 saturated heterocycles. The van der Waals surface area contributed by atoms with Crippen molar-refractivity contribution in [3.05, 3.63) is 35.9 Å². The van der Waals surface area contributed by atoms with Gasteiger partial charge in [-0.1, -0.05) is 30.3 Å². The minimum absolute atomic E-state index is 0.108. The lowest BCUT2D eigenvalue weighted by Gasteiger charge is -2.33. The highest BCUT2D eigenvalue weighted by molar-refractivity contribution is 5.91. The molecule has 4 rings (SSSR count). The maximum Gasteiger partial charge on any atom is 0.233 e. The molecule has 3 fully saturated rings. The van der Waals surface area contributed by atoms with E-state index in [2.05, 4.69) is 17.0 Å². The van der Waals surface area contributed by atoms with Gasteiger partial charge in [0.05, 0.1) is 24.7 Å². The van der Waals surface area contributed by atoms with E-state index >= 15 is 0 Å². The predicted molar refractivity (Wildman–Crippen MR) is 107 cm³/mol. The lowest BCUT2D eigenvalue weighted by Crippen LogP contribution is -2.47. The number of carbonyl (C=O) groups excluding carboxylic acids is 2. The Labute approximate surface area is 167 Å². The number of likely N-dealkylation sites (tertiary alicyclic amines) is 1. The van der Waals surface area contributed by atoms with E-state index in [1.54, 1.807) is 6.92 Å². The van der Waals surface area contributed by atoms with Crippen molar-refractivity contribution in [2.24, 2.45) is 0 Å². The van der Waals surface area contributed by atoms with E-state index in [0.717, 1.165) is 70.8 Å². The summed E-state index contributed by atoms with van der Waals surface area (Å²) in [6.45, 7) is 8.07. The molecular weight excluding hydrogens is 354 g/mol. The third-order valence-corrected chi connectivity index (χ3v) is 6.54. The number of hydrogen-bond donors (Lipinski definition) is 0. The van der Waals surface area contributed by atoms with Crippen molar-refractivity contribution in [2.45, 2.75) is 37.6 Å². The Kier molecular flexibility index (Phi) is 5.69. The first-order valence-corrected chi connectivity index (χ1v) is 10.5. The molecule has 0 radical (unpaired) electrons. The van der Waals surface area contributed by atoms with Crippen LogP contribution in [-0.2, 0) is 19.7 Å². The van der Waals surface area contributed by atoms with Gasteiger partial charge in [-0.3, -0.25) is 14.5 Å². The molecule has 2 aliphatic heterocycles. The second kappa shape index (κ2) is 8.21. The molecule has 1 aromatic rings. The maximum atomic E-state index is 13.3. The molecule has 1 atom stereocenters. The molecule has 6 heteroatoms. The number of amides is 2. The highest BCUT2D eigenvalue weighted by Crippen LogP contribution is 2.50. The van der Waals surface area contributed by atoms with E-state index in [9.17, 15) is 9.59 Å². The Balaban J connectivity index is 1.36. The van der Waals surface area contributed by atoms with E-state index in [0.29, 0.717) is 6.54 Å². The summed E-state index contributed by atoms with van der Waals surface area (Å²) in [7, 11) is 0. The van der Waals surface area contributed by atoms with Crippen LogP contribution in [0.5, 0.6) is 0 Å². The van der Waals surface area contributed by atoms with Crippen LogP contribution in [0, 0.1) is 0 Å². The summed E-state index contributed by atoms with van der Waals surface area (Å²) in [6, 6.07) is 10.3. The summed E-state index contributed by atoms with van der Waals surface area (Å²) in [5.74, 6) is 0.356. The molecule has 6 nitrogen and oxygen atoms in total. The summed E-state index contributed by atoms with van der Waals surface area (Å²) >= 11 is 0. The molecule has 152 valence electrons. The predicted octanol–water partition coefficient (Wildman–Crippen LogP) is 1.50. The van der Waals surface area contributed by atoms with Gasteiger partial charge >= 0.3 is 0 Å². The Morgan fingerprint density at radius 1 is 1.14 bits per heavy atom. The summed E-state index contributed by atoms with van der Waals surface area (Å²) < 4.78 is 5.40. The van der Waals surface area contributed by atoms with Crippen LogP contribution in [0.2, 0.25) is 0 Å². The van der Waals surface area contributed by atoms with Crippen molar-refractivity contribution in [3.63, 3.8) is 0 Å². The van der Waals surface area contributed by atoms with Crippen LogP contribution in [0.3, 0.4) is 0 Å². The smallest absolute Gasteiger partial charge is 0.233 e. The molecule has 2 heterocycles. The van der Waals surface area contributed by atoms with Crippen LogP contribution < -0.4 is 0 Å². The monoisotopic (exact) mass is 385 g/mol. The SMILES string of the molecule is CC(=O)N(CCN1CCOCC1)C1CCN(C(=O)C2(c3ccccc3)CC2)C1. The van der Waals surface area contributed by atoms with Crippen LogP contribution in [0.1, 0.15) is 31.7 Å². The summed E-state index contributed by atoms with van der Waals surface area (Å²) in [4.78, 5) is 31.9. The lowest BCUT2D eigenvalue weighted by molar-refractivity contribution is -0.135. The van der Waals surface area contributed by atoms with Crippen molar-refractivity contribution >= 4 is 11.8 Å². The molecule has 1 saturated carbocycles. The molecule has 0 spiro atoms. The van der Waals surface area contributed by atoms with E-state index < -0.39 is 0 Å². The molecule has 0 N–H and O–H groups in total. The van der Waals surface area contributed by atoms with Gasteiger partial charge in [-0.05, 0) is 24.8 Å². The van der Waals surface area contributed by atoms with E-state index in [1.165, 1.54) is 0 Å². The van der Waals surface area contributed by atoms with Gasteiger partial charge in [0.25, 0.3) is 0 Å². The average molecular weight is 386 g/mol. The number of nitrogens with zero attached hydrogens (tertiary/aromatic N) is 3. The van der Waals surface area contributed by atoms with E-state index in [1.807, 2.05) is 28.0 Å². The average Bonchev–Trinajstić information content (AvgIpc) is 3.40. The van der Waals surface area contributed by atoms with Gasteiger partial charge in [0.1, 0.15) is 0 Å². The highest BCUT2D eigenvalue weighted by atomic mass is 16.5. The van der Waals surface area contributed by atoms with Crippen LogP contribution in [0.4, 0.5) is 0 Å². The van der Waals surface area contributed by atoms with Gasteiger partial charge in [0, 0.05) is 46.2 Å². The fourth-order valence-electron chi connectivity index (χ4n) is 4.66. The Morgan fingerprint density at radius 2 is 1.86 bits per heavy atom. The molecule has 1 unspecified atom stereocenters. The zero-order valence-corrected chi connectivity index (χ0v) is 16.8. The van der Waals surface area contributed by atoms with Gasteiger partial charge in [-0.25, -0.2) is 0 Å². The van der Waals surface area contributed by atoms with Crippen LogP contribution in [0.15, 0.2) is 30.3 Å². The Morgan fingerprint density at radius 3 is 2.50 bits per heavy atom. The number of ether oxygens (including phenoxy) is 1. The zero-order valence-electron chi connectivity index (χ0n) is 16.8. The van der Waals surface area contributed by atoms with Gasteiger partial charge < -0.3 is 14.5 Å². The maximum absolute atomic E-state index is 13.3. The zero-order chi connectivity index (χ0) is 19.6. The van der Waals surface area contributed by atoms with Crippen molar-refractivity contribution in [3.8, 4) is 0 Å². The van der Waals surface area contributed by atoms with Gasteiger partial charge in [0.15, 0.2) is 0 Å². The minimum atomic E-state index is -0.314. The third kappa shape index (κ3) is 3.94. The number of carbonyl (C=O) groups is 2. The van der Waals surface area contributed by atoms with Gasteiger partial charge in [-0.2, -0.15) is 0 Å². The first-order chi connectivity index (χ1) is 13.6. The Bertz CT molecular complexity index is 698. The van der Waals surface area contributed by atoms with Crippen molar-refractivity contribution in [2.75, 3.05) is 52.5 Å². The molecule has 2 amide bonds. The molecule has 0 aromatic heterocycles. The number of morpholine rings is 1. The molecule has 0 bridgehead atoms. The fraction of sp³-hybridized carbons (Fsp3) is 0.636. The quantitative estimate of drug-likeness (QED) is 0.745. The summed E-state index contributed by atoms with van der Waals surface area (Å²) in [6.07, 6.45) is 2.74. The third-order valence-electron chi connectivity index (χ3n) is 6.54. The largest absolute Gasteiger partial charge is 0.379 e. The second-order valence-electron chi connectivity index (χ2n) is 8.31. The van der Waals surface area contributed by atoms with Crippen molar-refractivity contribution in [1.82, 2.24) is 14.7 Å². The molecule has 28 heavy (non-hydrogen) atoms. The number of benzene rings is 1. The fourth-order valence-corrected chi connectivity index (χ4v) is 4.66. The van der Waals surface area contributed by atoms with Crippen molar-refractivity contribution < 1.29 is 14.3 Å². The number of rotatable bonds is 6. The topological polar surface area (TPSA) is 53.1 Å². The van der Waals surface area contributed by atoms with E-state index in [-0.39, 0.29) is 23.3 Å². The number of hydrogen-bond acceptors (Lipinski definition) is 4. The van der Waals surface area contributed by atoms with E-state index in [4.69, 9.17) is 4.74 Å². The normalized spacial score (nSPS) is 24.2. The van der Waals surface area contributed by atoms with Gasteiger partial charge in [-0.15, -0.1) is 0 Å². The summed E-state index contributed by atoms with van der Waals surface area (Å²) in [5.41, 5.74) is 0.824. The van der Waals surface area contributed by atoms with Crippen LogP contribution in [-0.4, -0.2) is 85.0 Å². The molecule has 1 aliphatic carbocycles. The minimum Gasteiger partial charge on any atom is -0.379 e. The molecule has 1 aromatic carbocycles. The van der Waals surface area contributed by atoms with Crippen molar-refractivity contribution in [1.29, 1.82) is 0 Å². The lowest BCUT2D eigenvalue weighted by atomic mass is 9.94. The van der Waals surface area contributed by atoms with Crippen LogP contribution in [0.25, 0.3) is 0 Å². The second-order valence-corrected chi connectivity index (χ2v) is 8.31. The summed E-state index contributed by atoms with van der Waals surface area (Å²) in [5, 5.41) is 0. The first kappa shape index (κ1) is 19.4. The molecular formula is C22H31N3O3. The van der Waals surface area contributed by atoms with Gasteiger partial charge in [0.2, 0.25) is 11.8 Å².